The lowest BCUT2D eigenvalue weighted by Gasteiger charge is -2.69. The maximum atomic E-state index is 13.3. The van der Waals surface area contributed by atoms with Gasteiger partial charge in [0.2, 0.25) is 0 Å². The Morgan fingerprint density at radius 1 is 1.06 bits per heavy atom. The molecule has 8 atom stereocenters. The SMILES string of the molecule is COC(=O)[C@]1(C)CCC[C@]2(C)[C@H]3C[C@H]4C(C(C)C)=C[C@]3(CC[C@H]21)[C@@H]1C(=O)C=CC(=O)[C@@H]14. The molecule has 6 aliphatic rings. The molecule has 4 nitrogen and oxygen atoms in total. The smallest absolute Gasteiger partial charge is 0.311 e. The fourth-order valence-electron chi connectivity index (χ4n) is 9.27. The molecule has 0 radical (unpaired) electrons. The summed E-state index contributed by atoms with van der Waals surface area (Å²) >= 11 is 0. The highest BCUT2D eigenvalue weighted by Crippen LogP contribution is 2.74. The third-order valence-electron chi connectivity index (χ3n) is 10.4. The van der Waals surface area contributed by atoms with Gasteiger partial charge >= 0.3 is 5.97 Å². The third kappa shape index (κ3) is 2.51. The van der Waals surface area contributed by atoms with Crippen molar-refractivity contribution < 1.29 is 19.1 Å². The van der Waals surface area contributed by atoms with E-state index in [2.05, 4.69) is 33.8 Å². The summed E-state index contributed by atoms with van der Waals surface area (Å²) in [4.78, 5) is 39.3. The van der Waals surface area contributed by atoms with E-state index < -0.39 is 5.41 Å². The van der Waals surface area contributed by atoms with Gasteiger partial charge in [0.05, 0.1) is 12.5 Å². The Balaban J connectivity index is 1.66. The molecule has 0 aliphatic heterocycles. The maximum absolute atomic E-state index is 13.3. The fourth-order valence-corrected chi connectivity index (χ4v) is 9.27. The zero-order chi connectivity index (χ0) is 22.3. The Hall–Kier alpha value is -1.71. The number of carbonyl (C=O) groups is 3. The minimum Gasteiger partial charge on any atom is -0.469 e. The molecule has 3 saturated carbocycles. The van der Waals surface area contributed by atoms with Crippen LogP contribution in [-0.2, 0) is 19.1 Å². The van der Waals surface area contributed by atoms with Crippen LogP contribution in [0.4, 0.5) is 0 Å². The van der Waals surface area contributed by atoms with Crippen molar-refractivity contribution in [2.75, 3.05) is 7.11 Å². The lowest BCUT2D eigenvalue weighted by Crippen LogP contribution is -2.66. The van der Waals surface area contributed by atoms with E-state index >= 15 is 0 Å². The normalized spacial score (nSPS) is 48.1. The molecule has 0 amide bonds. The molecule has 0 aromatic rings. The first-order valence-corrected chi connectivity index (χ1v) is 12.2. The van der Waals surface area contributed by atoms with Crippen LogP contribution in [0.5, 0.6) is 0 Å². The van der Waals surface area contributed by atoms with Gasteiger partial charge in [-0.2, -0.15) is 0 Å². The molecular weight excluding hydrogens is 388 g/mol. The Morgan fingerprint density at radius 3 is 2.45 bits per heavy atom. The van der Waals surface area contributed by atoms with Gasteiger partial charge in [-0.05, 0) is 80.3 Å². The lowest BCUT2D eigenvalue weighted by atomic mass is 9.33. The highest BCUT2D eigenvalue weighted by Gasteiger charge is 2.70. The molecule has 0 unspecified atom stereocenters. The van der Waals surface area contributed by atoms with Crippen molar-refractivity contribution in [1.82, 2.24) is 0 Å². The van der Waals surface area contributed by atoms with E-state index in [1.54, 1.807) is 6.08 Å². The molecule has 0 aromatic heterocycles. The summed E-state index contributed by atoms with van der Waals surface area (Å²) < 4.78 is 5.29. The summed E-state index contributed by atoms with van der Waals surface area (Å²) in [5.74, 6) is 0.932. The number of fused-ring (bicyclic) bond motifs is 1. The van der Waals surface area contributed by atoms with Gasteiger partial charge in [-0.1, -0.05) is 38.8 Å². The second-order valence-electron chi connectivity index (χ2n) is 11.8. The van der Waals surface area contributed by atoms with Crippen LogP contribution in [0.25, 0.3) is 0 Å². The Morgan fingerprint density at radius 2 is 1.77 bits per heavy atom. The minimum atomic E-state index is -0.462. The van der Waals surface area contributed by atoms with Crippen molar-refractivity contribution in [1.29, 1.82) is 0 Å². The number of methoxy groups -OCH3 is 1. The molecule has 2 bridgehead atoms. The summed E-state index contributed by atoms with van der Waals surface area (Å²) in [6.45, 7) is 8.93. The molecule has 0 N–H and O–H groups in total. The molecule has 0 aromatic carbocycles. The zero-order valence-corrected chi connectivity index (χ0v) is 19.6. The highest BCUT2D eigenvalue weighted by molar-refractivity contribution is 6.08. The second-order valence-corrected chi connectivity index (χ2v) is 11.8. The van der Waals surface area contributed by atoms with Gasteiger partial charge in [0, 0.05) is 17.3 Å². The third-order valence-corrected chi connectivity index (χ3v) is 10.4. The molecule has 0 heterocycles. The number of rotatable bonds is 2. The van der Waals surface area contributed by atoms with Gasteiger partial charge in [0.1, 0.15) is 0 Å². The van der Waals surface area contributed by atoms with Crippen LogP contribution in [0.1, 0.15) is 66.2 Å². The molecule has 168 valence electrons. The number of hydrogen-bond acceptors (Lipinski definition) is 4. The first kappa shape index (κ1) is 21.2. The van der Waals surface area contributed by atoms with Crippen molar-refractivity contribution in [2.45, 2.75) is 66.2 Å². The molecule has 1 spiro atoms. The Kier molecular flexibility index (Phi) is 4.54. The van der Waals surface area contributed by atoms with E-state index in [1.165, 1.54) is 18.8 Å². The van der Waals surface area contributed by atoms with Crippen LogP contribution >= 0.6 is 0 Å². The fraction of sp³-hybridized carbons (Fsp3) is 0.741. The summed E-state index contributed by atoms with van der Waals surface area (Å²) in [6.07, 6.45) is 11.3. The van der Waals surface area contributed by atoms with Crippen LogP contribution < -0.4 is 0 Å². The first-order chi connectivity index (χ1) is 14.6. The van der Waals surface area contributed by atoms with Crippen molar-refractivity contribution >= 4 is 17.5 Å². The predicted octanol–water partition coefficient (Wildman–Crippen LogP) is 4.92. The number of allylic oxidation sites excluding steroid dienone is 4. The molecule has 31 heavy (non-hydrogen) atoms. The molecule has 4 heteroatoms. The molecule has 3 fully saturated rings. The van der Waals surface area contributed by atoms with E-state index in [0.717, 1.165) is 38.5 Å². The summed E-state index contributed by atoms with van der Waals surface area (Å²) in [5, 5.41) is 0. The lowest BCUT2D eigenvalue weighted by molar-refractivity contribution is -0.199. The first-order valence-electron chi connectivity index (χ1n) is 12.2. The van der Waals surface area contributed by atoms with E-state index in [-0.39, 0.29) is 52.0 Å². The van der Waals surface area contributed by atoms with Crippen LogP contribution in [0.15, 0.2) is 23.8 Å². The summed E-state index contributed by atoms with van der Waals surface area (Å²) in [7, 11) is 1.51. The quantitative estimate of drug-likeness (QED) is 0.466. The van der Waals surface area contributed by atoms with Crippen LogP contribution in [0.2, 0.25) is 0 Å². The summed E-state index contributed by atoms with van der Waals surface area (Å²) in [5.41, 5.74) is 0.654. The minimum absolute atomic E-state index is 0.0217. The van der Waals surface area contributed by atoms with Crippen molar-refractivity contribution in [3.63, 3.8) is 0 Å². The van der Waals surface area contributed by atoms with Crippen molar-refractivity contribution in [3.8, 4) is 0 Å². The van der Waals surface area contributed by atoms with E-state index in [1.807, 2.05) is 0 Å². The van der Waals surface area contributed by atoms with E-state index in [0.29, 0.717) is 11.8 Å². The van der Waals surface area contributed by atoms with Crippen LogP contribution in [0, 0.1) is 51.8 Å². The van der Waals surface area contributed by atoms with Crippen LogP contribution in [0.3, 0.4) is 0 Å². The highest BCUT2D eigenvalue weighted by atomic mass is 16.5. The zero-order valence-electron chi connectivity index (χ0n) is 19.6. The van der Waals surface area contributed by atoms with Gasteiger partial charge in [0.25, 0.3) is 0 Å². The molecular formula is C27H36O4. The number of hydrogen-bond donors (Lipinski definition) is 0. The van der Waals surface area contributed by atoms with Gasteiger partial charge in [-0.3, -0.25) is 14.4 Å². The monoisotopic (exact) mass is 424 g/mol. The Bertz CT molecular complexity index is 912. The second kappa shape index (κ2) is 6.65. The van der Waals surface area contributed by atoms with Gasteiger partial charge < -0.3 is 4.74 Å². The molecule has 6 rings (SSSR count). The van der Waals surface area contributed by atoms with Gasteiger partial charge in [0.15, 0.2) is 11.6 Å². The number of esters is 1. The molecule has 6 aliphatic carbocycles. The average molecular weight is 425 g/mol. The van der Waals surface area contributed by atoms with Crippen molar-refractivity contribution in [3.05, 3.63) is 23.8 Å². The largest absolute Gasteiger partial charge is 0.469 e. The predicted molar refractivity (Wildman–Crippen MR) is 118 cm³/mol. The maximum Gasteiger partial charge on any atom is 0.311 e. The van der Waals surface area contributed by atoms with Gasteiger partial charge in [-0.25, -0.2) is 0 Å². The van der Waals surface area contributed by atoms with Gasteiger partial charge in [-0.15, -0.1) is 0 Å². The average Bonchev–Trinajstić information content (AvgIpc) is 2.74. The topological polar surface area (TPSA) is 60.4 Å². The molecule has 0 saturated heterocycles. The van der Waals surface area contributed by atoms with Crippen LogP contribution in [-0.4, -0.2) is 24.6 Å². The van der Waals surface area contributed by atoms with E-state index in [4.69, 9.17) is 4.74 Å². The summed E-state index contributed by atoms with van der Waals surface area (Å²) in [6, 6.07) is 0. The Labute approximate surface area is 185 Å². The van der Waals surface area contributed by atoms with Crippen molar-refractivity contribution in [2.24, 2.45) is 51.8 Å². The van der Waals surface area contributed by atoms with E-state index in [9.17, 15) is 14.4 Å². The number of ketones is 2. The number of carbonyl (C=O) groups excluding carboxylic acids is 3. The number of ether oxygens (including phenoxy) is 1. The standard InChI is InChI=1S/C27H36O4/c1-15(2)17-14-27-12-9-20-25(3,10-6-11-26(20,4)24(30)31-5)21(27)13-16(17)22-18(28)7-8-19(29)23(22)27/h7-8,14-16,20-23H,6,9-13H2,1-5H3/t16-,20+,21+,22-,23+,25-,26+,27-/m0/s1.